The maximum absolute atomic E-state index is 10.5. The molecule has 0 amide bonds. The molecule has 2 aromatic rings. The lowest BCUT2D eigenvalue weighted by Crippen LogP contribution is -3.14. The molecule has 3 rings (SSSR count). The summed E-state index contributed by atoms with van der Waals surface area (Å²) < 4.78 is 6.24. The van der Waals surface area contributed by atoms with E-state index in [4.69, 9.17) is 4.74 Å². The van der Waals surface area contributed by atoms with Gasteiger partial charge in [0.15, 0.2) is 0 Å². The summed E-state index contributed by atoms with van der Waals surface area (Å²) in [5, 5.41) is 10.5. The number of benzene rings is 2. The Kier molecular flexibility index (Phi) is 6.62. The zero-order valence-corrected chi connectivity index (χ0v) is 15.2. The average Bonchev–Trinajstić information content (AvgIpc) is 2.65. The molecule has 134 valence electrons. The van der Waals surface area contributed by atoms with E-state index in [1.54, 1.807) is 0 Å². The Bertz CT molecular complexity index is 637. The topological polar surface area (TPSA) is 33.9 Å². The van der Waals surface area contributed by atoms with Crippen molar-refractivity contribution in [3.63, 3.8) is 0 Å². The van der Waals surface area contributed by atoms with Gasteiger partial charge in [-0.15, -0.1) is 0 Å². The van der Waals surface area contributed by atoms with E-state index in [-0.39, 0.29) is 6.10 Å². The van der Waals surface area contributed by atoms with Crippen LogP contribution in [0, 0.1) is 6.92 Å². The van der Waals surface area contributed by atoms with Crippen molar-refractivity contribution in [2.24, 2.45) is 0 Å². The number of quaternary nitrogens is 1. The van der Waals surface area contributed by atoms with Gasteiger partial charge in [0.1, 0.15) is 18.8 Å². The molecule has 3 heteroatoms. The maximum Gasteiger partial charge on any atom is 0.126 e. The van der Waals surface area contributed by atoms with Gasteiger partial charge in [0.05, 0.1) is 19.7 Å². The molecule has 2 atom stereocenters. The maximum atomic E-state index is 10.5. The summed E-state index contributed by atoms with van der Waals surface area (Å²) in [7, 11) is 0. The van der Waals surface area contributed by atoms with Gasteiger partial charge in [-0.05, 0) is 42.9 Å². The third-order valence-corrected chi connectivity index (χ3v) is 5.11. The normalized spacial score (nSPS) is 18.0. The molecular weight excluding hydrogens is 310 g/mol. The molecule has 1 fully saturated rings. The number of hydrogen-bond acceptors (Lipinski definition) is 2. The molecule has 0 spiro atoms. The predicted octanol–water partition coefficient (Wildman–Crippen LogP) is 2.53. The number of likely N-dealkylation sites (tertiary alicyclic amines) is 1. The van der Waals surface area contributed by atoms with Gasteiger partial charge in [0, 0.05) is 0 Å². The van der Waals surface area contributed by atoms with Gasteiger partial charge in [0.2, 0.25) is 0 Å². The molecule has 0 unspecified atom stereocenters. The SMILES string of the molecule is Cc1ccccc1[C@H](OC[C@@H](O)C[NH+]1CCCCC1)c1ccccc1. The van der Waals surface area contributed by atoms with Gasteiger partial charge in [-0.25, -0.2) is 0 Å². The van der Waals surface area contributed by atoms with E-state index in [1.165, 1.54) is 48.4 Å². The summed E-state index contributed by atoms with van der Waals surface area (Å²) in [5.74, 6) is 0. The number of rotatable bonds is 7. The number of hydrogen-bond donors (Lipinski definition) is 2. The van der Waals surface area contributed by atoms with Gasteiger partial charge >= 0.3 is 0 Å². The van der Waals surface area contributed by atoms with Crippen LogP contribution in [0.2, 0.25) is 0 Å². The van der Waals surface area contributed by atoms with Crippen molar-refractivity contribution in [2.45, 2.75) is 38.4 Å². The van der Waals surface area contributed by atoms with Crippen molar-refractivity contribution < 1.29 is 14.7 Å². The number of ether oxygens (including phenoxy) is 1. The lowest BCUT2D eigenvalue weighted by atomic mass is 9.97. The Hall–Kier alpha value is -1.68. The van der Waals surface area contributed by atoms with E-state index in [1.807, 2.05) is 18.2 Å². The molecule has 1 saturated heterocycles. The van der Waals surface area contributed by atoms with Crippen LogP contribution in [0.15, 0.2) is 54.6 Å². The number of nitrogens with one attached hydrogen (secondary N) is 1. The van der Waals surface area contributed by atoms with Crippen LogP contribution in [-0.4, -0.2) is 37.5 Å². The van der Waals surface area contributed by atoms with Gasteiger partial charge in [0.25, 0.3) is 0 Å². The number of piperidine rings is 1. The molecule has 2 aromatic carbocycles. The Morgan fingerprint density at radius 1 is 0.960 bits per heavy atom. The average molecular weight is 340 g/mol. The number of aliphatic hydroxyl groups excluding tert-OH is 1. The first-order valence-electron chi connectivity index (χ1n) is 9.48. The Morgan fingerprint density at radius 2 is 1.64 bits per heavy atom. The van der Waals surface area contributed by atoms with Crippen LogP contribution >= 0.6 is 0 Å². The van der Waals surface area contributed by atoms with Crippen molar-refractivity contribution in [1.29, 1.82) is 0 Å². The third-order valence-electron chi connectivity index (χ3n) is 5.11. The first-order valence-corrected chi connectivity index (χ1v) is 9.48. The Balaban J connectivity index is 1.67. The minimum Gasteiger partial charge on any atom is -0.385 e. The smallest absolute Gasteiger partial charge is 0.126 e. The second kappa shape index (κ2) is 9.14. The molecule has 0 bridgehead atoms. The summed E-state index contributed by atoms with van der Waals surface area (Å²) in [4.78, 5) is 1.51. The summed E-state index contributed by atoms with van der Waals surface area (Å²) in [6.07, 6.45) is 3.34. The highest BCUT2D eigenvalue weighted by atomic mass is 16.5. The largest absolute Gasteiger partial charge is 0.385 e. The molecule has 25 heavy (non-hydrogen) atoms. The molecule has 3 nitrogen and oxygen atoms in total. The second-order valence-electron chi connectivity index (χ2n) is 7.15. The van der Waals surface area contributed by atoms with Crippen molar-refractivity contribution in [1.82, 2.24) is 0 Å². The van der Waals surface area contributed by atoms with Crippen LogP contribution in [0.25, 0.3) is 0 Å². The minimum atomic E-state index is -0.414. The van der Waals surface area contributed by atoms with Crippen molar-refractivity contribution in [3.05, 3.63) is 71.3 Å². The predicted molar refractivity (Wildman–Crippen MR) is 101 cm³/mol. The molecular formula is C22H30NO2+. The van der Waals surface area contributed by atoms with Crippen molar-refractivity contribution in [2.75, 3.05) is 26.2 Å². The molecule has 1 heterocycles. The van der Waals surface area contributed by atoms with Crippen molar-refractivity contribution in [3.8, 4) is 0 Å². The highest BCUT2D eigenvalue weighted by Crippen LogP contribution is 2.28. The fraction of sp³-hybridized carbons (Fsp3) is 0.455. The van der Waals surface area contributed by atoms with Gasteiger partial charge in [-0.2, -0.15) is 0 Å². The molecule has 1 aliphatic heterocycles. The number of aryl methyl sites for hydroxylation is 1. The van der Waals surface area contributed by atoms with Gasteiger partial charge < -0.3 is 14.7 Å². The van der Waals surface area contributed by atoms with Crippen LogP contribution in [0.1, 0.15) is 42.1 Å². The van der Waals surface area contributed by atoms with Crippen LogP contribution in [-0.2, 0) is 4.74 Å². The molecule has 0 saturated carbocycles. The lowest BCUT2D eigenvalue weighted by Gasteiger charge is -2.27. The highest BCUT2D eigenvalue weighted by molar-refractivity contribution is 5.35. The third kappa shape index (κ3) is 5.15. The van der Waals surface area contributed by atoms with Crippen LogP contribution in [0.4, 0.5) is 0 Å². The first kappa shape index (κ1) is 18.1. The minimum absolute atomic E-state index is 0.131. The quantitative estimate of drug-likeness (QED) is 0.812. The molecule has 0 radical (unpaired) electrons. The van der Waals surface area contributed by atoms with E-state index in [2.05, 4.69) is 43.3 Å². The van der Waals surface area contributed by atoms with Crippen LogP contribution < -0.4 is 4.90 Å². The first-order chi connectivity index (χ1) is 12.2. The van der Waals surface area contributed by atoms with E-state index in [0.29, 0.717) is 6.61 Å². The molecule has 0 aromatic heterocycles. The monoisotopic (exact) mass is 340 g/mol. The van der Waals surface area contributed by atoms with Crippen LogP contribution in [0.3, 0.4) is 0 Å². The van der Waals surface area contributed by atoms with E-state index < -0.39 is 6.10 Å². The van der Waals surface area contributed by atoms with E-state index in [0.717, 1.165) is 12.1 Å². The summed E-state index contributed by atoms with van der Waals surface area (Å²) in [6.45, 7) is 5.63. The summed E-state index contributed by atoms with van der Waals surface area (Å²) >= 11 is 0. The fourth-order valence-corrected chi connectivity index (χ4v) is 3.73. The summed E-state index contributed by atoms with van der Waals surface area (Å²) in [5.41, 5.74) is 3.52. The van der Waals surface area contributed by atoms with E-state index in [9.17, 15) is 5.11 Å². The van der Waals surface area contributed by atoms with E-state index >= 15 is 0 Å². The molecule has 2 N–H and O–H groups in total. The van der Waals surface area contributed by atoms with Gasteiger partial charge in [-0.1, -0.05) is 54.6 Å². The zero-order chi connectivity index (χ0) is 17.5. The number of aliphatic hydroxyl groups is 1. The van der Waals surface area contributed by atoms with Crippen LogP contribution in [0.5, 0.6) is 0 Å². The fourth-order valence-electron chi connectivity index (χ4n) is 3.73. The second-order valence-corrected chi connectivity index (χ2v) is 7.15. The summed E-state index contributed by atoms with van der Waals surface area (Å²) in [6, 6.07) is 18.6. The Morgan fingerprint density at radius 3 is 2.36 bits per heavy atom. The standard InChI is InChI=1S/C22H29NO2/c1-18-10-6-7-13-21(18)22(19-11-4-2-5-12-19)25-17-20(24)16-23-14-8-3-9-15-23/h2,4-7,10-13,20,22,24H,3,8-9,14-17H2,1H3/p+1/t20-,22+/m0/s1. The van der Waals surface area contributed by atoms with Crippen molar-refractivity contribution >= 4 is 0 Å². The highest BCUT2D eigenvalue weighted by Gasteiger charge is 2.21. The lowest BCUT2D eigenvalue weighted by molar-refractivity contribution is -0.908. The Labute approximate surface area is 151 Å². The zero-order valence-electron chi connectivity index (χ0n) is 15.2. The molecule has 0 aliphatic carbocycles. The molecule has 1 aliphatic rings. The van der Waals surface area contributed by atoms with Gasteiger partial charge in [-0.3, -0.25) is 0 Å².